The molecular formula is C19H17IN4O4. The van der Waals surface area contributed by atoms with Crippen molar-refractivity contribution >= 4 is 39.9 Å². The van der Waals surface area contributed by atoms with Crippen molar-refractivity contribution in [3.05, 3.63) is 73.1 Å². The molecule has 9 heteroatoms. The van der Waals surface area contributed by atoms with Crippen molar-refractivity contribution in [2.24, 2.45) is 7.05 Å². The summed E-state index contributed by atoms with van der Waals surface area (Å²) < 4.78 is 8.01. The van der Waals surface area contributed by atoms with Crippen LogP contribution in [0.25, 0.3) is 0 Å². The molecule has 8 nitrogen and oxygen atoms in total. The lowest BCUT2D eigenvalue weighted by Crippen LogP contribution is -2.14. The second-order valence-corrected chi connectivity index (χ2v) is 7.51. The van der Waals surface area contributed by atoms with Crippen molar-refractivity contribution in [2.45, 2.75) is 13.8 Å². The second-order valence-electron chi connectivity index (χ2n) is 6.35. The van der Waals surface area contributed by atoms with Crippen LogP contribution in [-0.2, 0) is 7.05 Å². The van der Waals surface area contributed by atoms with Crippen molar-refractivity contribution < 1.29 is 14.5 Å². The molecule has 2 aromatic carbocycles. The number of ether oxygens (including phenoxy) is 1. The van der Waals surface area contributed by atoms with Crippen LogP contribution in [0.3, 0.4) is 0 Å². The van der Waals surface area contributed by atoms with E-state index in [1.165, 1.54) is 16.8 Å². The highest BCUT2D eigenvalue weighted by Gasteiger charge is 2.17. The Morgan fingerprint density at radius 2 is 1.79 bits per heavy atom. The topological polar surface area (TPSA) is 99.3 Å². The number of carbonyl (C=O) groups is 1. The van der Waals surface area contributed by atoms with Gasteiger partial charge in [0.25, 0.3) is 11.6 Å². The summed E-state index contributed by atoms with van der Waals surface area (Å²) in [6, 6.07) is 9.80. The van der Waals surface area contributed by atoms with Crippen molar-refractivity contribution in [3.63, 3.8) is 0 Å². The number of carbonyl (C=O) groups excluding carboxylic acids is 1. The average molecular weight is 492 g/mol. The number of aromatic nitrogens is 2. The van der Waals surface area contributed by atoms with Crippen molar-refractivity contribution in [2.75, 3.05) is 5.32 Å². The molecule has 0 aliphatic heterocycles. The summed E-state index contributed by atoms with van der Waals surface area (Å²) >= 11 is 2.01. The molecule has 0 spiro atoms. The maximum atomic E-state index is 12.5. The highest BCUT2D eigenvalue weighted by molar-refractivity contribution is 14.1. The Bertz CT molecular complexity index is 1060. The lowest BCUT2D eigenvalue weighted by atomic mass is 10.1. The average Bonchev–Trinajstić information content (AvgIpc) is 2.92. The number of anilines is 1. The van der Waals surface area contributed by atoms with Crippen LogP contribution in [0.4, 0.5) is 11.4 Å². The third-order valence-electron chi connectivity index (χ3n) is 3.79. The Kier molecular flexibility index (Phi) is 5.63. The van der Waals surface area contributed by atoms with Gasteiger partial charge in [-0.05, 0) is 59.7 Å². The number of nitrogens with zero attached hydrogens (tertiary/aromatic N) is 3. The number of nitro benzene ring substituents is 1. The zero-order valence-electron chi connectivity index (χ0n) is 15.4. The number of hydrogen-bond donors (Lipinski definition) is 1. The van der Waals surface area contributed by atoms with E-state index in [1.54, 1.807) is 19.3 Å². The minimum Gasteiger partial charge on any atom is -0.457 e. The summed E-state index contributed by atoms with van der Waals surface area (Å²) in [7, 11) is 1.71. The summed E-state index contributed by atoms with van der Waals surface area (Å²) in [4.78, 5) is 23.3. The molecule has 0 saturated carbocycles. The molecule has 0 atom stereocenters. The molecule has 144 valence electrons. The molecule has 0 aliphatic carbocycles. The molecule has 1 aromatic heterocycles. The predicted octanol–water partition coefficient (Wildman–Crippen LogP) is 4.59. The predicted molar refractivity (Wildman–Crippen MR) is 113 cm³/mol. The first-order chi connectivity index (χ1) is 13.2. The van der Waals surface area contributed by atoms with E-state index in [4.69, 9.17) is 4.74 Å². The fourth-order valence-electron chi connectivity index (χ4n) is 2.75. The largest absolute Gasteiger partial charge is 0.457 e. The second kappa shape index (κ2) is 7.97. The third-order valence-corrected chi connectivity index (χ3v) is 4.58. The van der Waals surface area contributed by atoms with Crippen molar-refractivity contribution in [1.82, 2.24) is 9.78 Å². The van der Waals surface area contributed by atoms with Crippen LogP contribution in [0.15, 0.2) is 42.6 Å². The van der Waals surface area contributed by atoms with Gasteiger partial charge in [-0.3, -0.25) is 19.6 Å². The number of hydrogen-bond acceptors (Lipinski definition) is 5. The molecule has 0 aliphatic rings. The maximum Gasteiger partial charge on any atom is 0.277 e. The van der Waals surface area contributed by atoms with Gasteiger partial charge in [0.15, 0.2) is 5.69 Å². The Morgan fingerprint density at radius 1 is 1.14 bits per heavy atom. The van der Waals surface area contributed by atoms with Crippen LogP contribution in [-0.4, -0.2) is 20.6 Å². The van der Waals surface area contributed by atoms with Gasteiger partial charge in [0.1, 0.15) is 11.5 Å². The smallest absolute Gasteiger partial charge is 0.277 e. The first-order valence-electron chi connectivity index (χ1n) is 8.27. The van der Waals surface area contributed by atoms with Gasteiger partial charge < -0.3 is 10.1 Å². The fourth-order valence-corrected chi connectivity index (χ4v) is 3.51. The Morgan fingerprint density at radius 3 is 2.36 bits per heavy atom. The summed E-state index contributed by atoms with van der Waals surface area (Å²) in [5, 5.41) is 18.1. The summed E-state index contributed by atoms with van der Waals surface area (Å²) in [6.45, 7) is 3.88. The monoisotopic (exact) mass is 492 g/mol. The normalized spacial score (nSPS) is 10.6. The van der Waals surface area contributed by atoms with Crippen LogP contribution in [0.5, 0.6) is 11.5 Å². The molecule has 0 fully saturated rings. The molecule has 0 unspecified atom stereocenters. The van der Waals surface area contributed by atoms with E-state index in [-0.39, 0.29) is 22.8 Å². The summed E-state index contributed by atoms with van der Waals surface area (Å²) in [6.07, 6.45) is 1.71. The van der Waals surface area contributed by atoms with Crippen molar-refractivity contribution in [3.8, 4) is 11.5 Å². The highest BCUT2D eigenvalue weighted by Crippen LogP contribution is 2.31. The minimum atomic E-state index is -0.533. The standard InChI is InChI=1S/C19H17IN4O4/c1-11-4-12(2)6-15(5-11)28-16-8-13(7-14(9-16)24(26)27)21-19(25)18-17(20)10-23(3)22-18/h4-10H,1-3H3,(H,21,25). The zero-order valence-corrected chi connectivity index (χ0v) is 17.6. The SMILES string of the molecule is Cc1cc(C)cc(Oc2cc(NC(=O)c3nn(C)cc3I)cc([N+](=O)[O-])c2)c1. The van der Waals surface area contributed by atoms with Crippen molar-refractivity contribution in [1.29, 1.82) is 0 Å². The van der Waals surface area contributed by atoms with Gasteiger partial charge in [-0.25, -0.2) is 0 Å². The van der Waals surface area contributed by atoms with Gasteiger partial charge in [-0.1, -0.05) is 6.07 Å². The van der Waals surface area contributed by atoms with Crippen LogP contribution < -0.4 is 10.1 Å². The lowest BCUT2D eigenvalue weighted by Gasteiger charge is -2.10. The Hall–Kier alpha value is -2.95. The Labute approximate surface area is 174 Å². The van der Waals surface area contributed by atoms with Crippen LogP contribution in [0.2, 0.25) is 0 Å². The van der Waals surface area contributed by atoms with Gasteiger partial charge >= 0.3 is 0 Å². The van der Waals surface area contributed by atoms with Gasteiger partial charge in [0.05, 0.1) is 20.2 Å². The zero-order chi connectivity index (χ0) is 20.4. The lowest BCUT2D eigenvalue weighted by molar-refractivity contribution is -0.384. The molecule has 28 heavy (non-hydrogen) atoms. The van der Waals surface area contributed by atoms with E-state index in [2.05, 4.69) is 10.4 Å². The van der Waals surface area contributed by atoms with Gasteiger partial charge in [0, 0.05) is 25.4 Å². The van der Waals surface area contributed by atoms with Gasteiger partial charge in [-0.15, -0.1) is 0 Å². The summed E-state index contributed by atoms with van der Waals surface area (Å²) in [5.41, 5.74) is 2.33. The summed E-state index contributed by atoms with van der Waals surface area (Å²) in [5.74, 6) is 0.364. The number of aryl methyl sites for hydroxylation is 3. The molecule has 1 heterocycles. The van der Waals surface area contributed by atoms with Gasteiger partial charge in [0.2, 0.25) is 0 Å². The number of non-ortho nitro benzene ring substituents is 1. The number of rotatable bonds is 5. The highest BCUT2D eigenvalue weighted by atomic mass is 127. The van der Waals surface area contributed by atoms with Crippen LogP contribution in [0, 0.1) is 27.5 Å². The Balaban J connectivity index is 1.92. The number of benzene rings is 2. The molecule has 0 radical (unpaired) electrons. The number of nitrogens with one attached hydrogen (secondary N) is 1. The third kappa shape index (κ3) is 4.66. The molecule has 3 aromatic rings. The first kappa shape index (κ1) is 19.8. The quantitative estimate of drug-likeness (QED) is 0.319. The number of halogens is 1. The van der Waals surface area contributed by atoms with E-state index in [1.807, 2.05) is 54.6 Å². The first-order valence-corrected chi connectivity index (χ1v) is 9.35. The van der Waals surface area contributed by atoms with E-state index in [9.17, 15) is 14.9 Å². The molecule has 0 saturated heterocycles. The number of amides is 1. The minimum absolute atomic E-state index is 0.187. The fraction of sp³-hybridized carbons (Fsp3) is 0.158. The van der Waals surface area contributed by atoms with Crippen LogP contribution >= 0.6 is 22.6 Å². The number of nitro groups is 1. The van der Waals surface area contributed by atoms with Crippen LogP contribution in [0.1, 0.15) is 21.6 Å². The maximum absolute atomic E-state index is 12.5. The van der Waals surface area contributed by atoms with E-state index in [0.29, 0.717) is 9.32 Å². The molecule has 1 amide bonds. The molecule has 3 rings (SSSR count). The van der Waals surface area contributed by atoms with E-state index < -0.39 is 10.8 Å². The van der Waals surface area contributed by atoms with Gasteiger partial charge in [-0.2, -0.15) is 5.10 Å². The molecular weight excluding hydrogens is 475 g/mol. The molecule has 1 N–H and O–H groups in total. The molecule has 0 bridgehead atoms. The van der Waals surface area contributed by atoms with E-state index >= 15 is 0 Å². The van der Waals surface area contributed by atoms with E-state index in [0.717, 1.165) is 11.1 Å².